The Balaban J connectivity index is 2.86. The number of rotatable bonds is 3. The fourth-order valence-electron chi connectivity index (χ4n) is 1.41. The molecule has 0 spiro atoms. The summed E-state index contributed by atoms with van der Waals surface area (Å²) in [7, 11) is 0. The molecule has 0 heterocycles. The highest BCUT2D eigenvalue weighted by atomic mass is 16.3. The van der Waals surface area contributed by atoms with Gasteiger partial charge in [0, 0.05) is 5.69 Å². The molecule has 0 atom stereocenters. The zero-order valence-corrected chi connectivity index (χ0v) is 9.42. The second-order valence-corrected chi connectivity index (χ2v) is 3.77. The number of anilines is 1. The normalized spacial score (nSPS) is 10.1. The Morgan fingerprint density at radius 3 is 2.40 bits per heavy atom. The number of nitrogens with one attached hydrogen (secondary N) is 1. The van der Waals surface area contributed by atoms with E-state index in [-0.39, 0.29) is 18.9 Å². The molecule has 0 fully saturated rings. The molecule has 0 aliphatic rings. The smallest absolute Gasteiger partial charge is 0.226 e. The van der Waals surface area contributed by atoms with Crippen molar-refractivity contribution in [2.45, 2.75) is 27.2 Å². The molecule has 1 rings (SSSR count). The van der Waals surface area contributed by atoms with Gasteiger partial charge in [-0.1, -0.05) is 6.07 Å². The molecule has 82 valence electrons. The zero-order valence-electron chi connectivity index (χ0n) is 9.42. The molecule has 0 aromatic heterocycles. The van der Waals surface area contributed by atoms with Gasteiger partial charge in [0.2, 0.25) is 5.91 Å². The first kappa shape index (κ1) is 11.7. The number of aryl methyl sites for hydroxylation is 3. The van der Waals surface area contributed by atoms with Crippen molar-refractivity contribution in [3.8, 4) is 0 Å². The van der Waals surface area contributed by atoms with Crippen LogP contribution in [0.3, 0.4) is 0 Å². The Morgan fingerprint density at radius 2 is 1.80 bits per heavy atom. The molecular formula is C12H17NO2. The lowest BCUT2D eigenvalue weighted by Gasteiger charge is -2.10. The van der Waals surface area contributed by atoms with E-state index < -0.39 is 0 Å². The number of carbonyl (C=O) groups is 1. The van der Waals surface area contributed by atoms with E-state index >= 15 is 0 Å². The van der Waals surface area contributed by atoms with E-state index in [4.69, 9.17) is 5.11 Å². The summed E-state index contributed by atoms with van der Waals surface area (Å²) in [6, 6.07) is 4.00. The Morgan fingerprint density at radius 1 is 1.20 bits per heavy atom. The van der Waals surface area contributed by atoms with Crippen LogP contribution in [0.15, 0.2) is 12.1 Å². The summed E-state index contributed by atoms with van der Waals surface area (Å²) in [6.45, 7) is 5.90. The molecule has 0 radical (unpaired) electrons. The largest absolute Gasteiger partial charge is 0.396 e. The van der Waals surface area contributed by atoms with Crippen molar-refractivity contribution < 1.29 is 9.90 Å². The highest BCUT2D eigenvalue weighted by Gasteiger charge is 2.05. The number of hydrogen-bond acceptors (Lipinski definition) is 2. The lowest BCUT2D eigenvalue weighted by molar-refractivity contribution is -0.116. The van der Waals surface area contributed by atoms with Gasteiger partial charge in [-0.2, -0.15) is 0 Å². The summed E-state index contributed by atoms with van der Waals surface area (Å²) in [4.78, 5) is 11.3. The summed E-state index contributed by atoms with van der Waals surface area (Å²) in [5.74, 6) is -0.149. The lowest BCUT2D eigenvalue weighted by atomic mass is 10.0. The summed E-state index contributed by atoms with van der Waals surface area (Å²) >= 11 is 0. The van der Waals surface area contributed by atoms with Gasteiger partial charge in [-0.05, 0) is 43.5 Å². The van der Waals surface area contributed by atoms with Crippen LogP contribution in [0.2, 0.25) is 0 Å². The Kier molecular flexibility index (Phi) is 3.86. The first-order valence-electron chi connectivity index (χ1n) is 5.03. The van der Waals surface area contributed by atoms with Crippen LogP contribution >= 0.6 is 0 Å². The Hall–Kier alpha value is -1.35. The van der Waals surface area contributed by atoms with Gasteiger partial charge < -0.3 is 10.4 Å². The first-order chi connectivity index (χ1) is 7.04. The molecule has 0 aliphatic heterocycles. The maximum Gasteiger partial charge on any atom is 0.226 e. The van der Waals surface area contributed by atoms with Crippen LogP contribution in [0, 0.1) is 20.8 Å². The van der Waals surface area contributed by atoms with E-state index in [0.717, 1.165) is 16.8 Å². The molecule has 1 amide bonds. The van der Waals surface area contributed by atoms with Crippen LogP contribution in [0.5, 0.6) is 0 Å². The standard InChI is InChI=1S/C12H17NO2/c1-8-6-10(3)11(7-9(8)2)13-12(15)4-5-14/h6-7,14H,4-5H2,1-3H3,(H,13,15). The third-order valence-corrected chi connectivity index (χ3v) is 2.45. The fourth-order valence-corrected chi connectivity index (χ4v) is 1.41. The van der Waals surface area contributed by atoms with Crippen LogP contribution < -0.4 is 5.32 Å². The van der Waals surface area contributed by atoms with Crippen molar-refractivity contribution in [1.82, 2.24) is 0 Å². The van der Waals surface area contributed by atoms with E-state index in [1.54, 1.807) is 0 Å². The van der Waals surface area contributed by atoms with Gasteiger partial charge in [-0.3, -0.25) is 4.79 Å². The van der Waals surface area contributed by atoms with Gasteiger partial charge in [0.25, 0.3) is 0 Å². The van der Waals surface area contributed by atoms with Gasteiger partial charge in [0.05, 0.1) is 13.0 Å². The SMILES string of the molecule is Cc1cc(C)c(NC(=O)CCO)cc1C. The zero-order chi connectivity index (χ0) is 11.4. The van der Waals surface area contributed by atoms with Crippen LogP contribution in [0.1, 0.15) is 23.1 Å². The average Bonchev–Trinajstić information content (AvgIpc) is 2.14. The maximum atomic E-state index is 11.3. The molecule has 1 aromatic rings. The molecule has 1 aromatic carbocycles. The predicted octanol–water partition coefficient (Wildman–Crippen LogP) is 1.93. The molecule has 3 heteroatoms. The Labute approximate surface area is 90.1 Å². The van der Waals surface area contributed by atoms with Crippen molar-refractivity contribution in [1.29, 1.82) is 0 Å². The maximum absolute atomic E-state index is 11.3. The minimum atomic E-state index is -0.149. The molecule has 0 saturated carbocycles. The minimum Gasteiger partial charge on any atom is -0.396 e. The molecule has 0 bridgehead atoms. The molecule has 2 N–H and O–H groups in total. The summed E-state index contributed by atoms with van der Waals surface area (Å²) in [5.41, 5.74) is 4.24. The number of carbonyl (C=O) groups excluding carboxylic acids is 1. The highest BCUT2D eigenvalue weighted by molar-refractivity contribution is 5.91. The molecule has 0 unspecified atom stereocenters. The summed E-state index contributed by atoms with van der Waals surface area (Å²) < 4.78 is 0. The summed E-state index contributed by atoms with van der Waals surface area (Å²) in [5, 5.41) is 11.4. The quantitative estimate of drug-likeness (QED) is 0.795. The van der Waals surface area contributed by atoms with Crippen LogP contribution in [0.25, 0.3) is 0 Å². The van der Waals surface area contributed by atoms with Crippen molar-refractivity contribution in [2.24, 2.45) is 0 Å². The van der Waals surface area contributed by atoms with E-state index in [1.807, 2.05) is 32.9 Å². The highest BCUT2D eigenvalue weighted by Crippen LogP contribution is 2.19. The number of benzene rings is 1. The molecule has 3 nitrogen and oxygen atoms in total. The van der Waals surface area contributed by atoms with Crippen LogP contribution in [0.4, 0.5) is 5.69 Å². The van der Waals surface area contributed by atoms with Gasteiger partial charge >= 0.3 is 0 Å². The monoisotopic (exact) mass is 207 g/mol. The molecule has 15 heavy (non-hydrogen) atoms. The number of aliphatic hydroxyl groups is 1. The van der Waals surface area contributed by atoms with Gasteiger partial charge in [0.15, 0.2) is 0 Å². The number of hydrogen-bond donors (Lipinski definition) is 2. The first-order valence-corrected chi connectivity index (χ1v) is 5.03. The third kappa shape index (κ3) is 3.06. The van der Waals surface area contributed by atoms with E-state index in [2.05, 4.69) is 5.32 Å². The topological polar surface area (TPSA) is 49.3 Å². The third-order valence-electron chi connectivity index (χ3n) is 2.45. The lowest BCUT2D eigenvalue weighted by Crippen LogP contribution is -2.13. The molecule has 0 aliphatic carbocycles. The fraction of sp³-hybridized carbons (Fsp3) is 0.417. The average molecular weight is 207 g/mol. The number of aliphatic hydroxyl groups excluding tert-OH is 1. The van der Waals surface area contributed by atoms with E-state index in [0.29, 0.717) is 0 Å². The predicted molar refractivity (Wildman–Crippen MR) is 61.0 cm³/mol. The minimum absolute atomic E-state index is 0.115. The van der Waals surface area contributed by atoms with E-state index in [9.17, 15) is 4.79 Å². The second kappa shape index (κ2) is 4.94. The molecular weight excluding hydrogens is 190 g/mol. The number of amides is 1. The van der Waals surface area contributed by atoms with Gasteiger partial charge in [-0.15, -0.1) is 0 Å². The van der Waals surface area contributed by atoms with E-state index in [1.165, 1.54) is 5.56 Å². The van der Waals surface area contributed by atoms with Gasteiger partial charge in [-0.25, -0.2) is 0 Å². The Bertz CT molecular complexity index is 372. The van der Waals surface area contributed by atoms with Crippen molar-refractivity contribution in [2.75, 3.05) is 11.9 Å². The van der Waals surface area contributed by atoms with Gasteiger partial charge in [0.1, 0.15) is 0 Å². The van der Waals surface area contributed by atoms with Crippen molar-refractivity contribution in [3.05, 3.63) is 28.8 Å². The summed E-state index contributed by atoms with van der Waals surface area (Å²) in [6.07, 6.45) is 0.145. The molecule has 0 saturated heterocycles. The van der Waals surface area contributed by atoms with Crippen LogP contribution in [-0.4, -0.2) is 17.6 Å². The van der Waals surface area contributed by atoms with Crippen molar-refractivity contribution >= 4 is 11.6 Å². The van der Waals surface area contributed by atoms with Crippen LogP contribution in [-0.2, 0) is 4.79 Å². The second-order valence-electron chi connectivity index (χ2n) is 3.77. The van der Waals surface area contributed by atoms with Crippen molar-refractivity contribution in [3.63, 3.8) is 0 Å².